The van der Waals surface area contributed by atoms with Gasteiger partial charge in [0.15, 0.2) is 0 Å². The van der Waals surface area contributed by atoms with Gasteiger partial charge in [-0.1, -0.05) is 10.3 Å². The van der Waals surface area contributed by atoms with Gasteiger partial charge in [-0.25, -0.2) is 9.59 Å². The van der Waals surface area contributed by atoms with E-state index in [0.29, 0.717) is 0 Å². The maximum atomic E-state index is 12.5. The molecule has 0 saturated heterocycles. The third kappa shape index (κ3) is 35.0. The number of hydrogen-bond donors (Lipinski definition) is 10. The number of nitrogens with one attached hydrogen (secondary N) is 2. The van der Waals surface area contributed by atoms with Gasteiger partial charge in [-0.3, -0.25) is 24.3 Å². The van der Waals surface area contributed by atoms with Gasteiger partial charge in [-0.15, -0.1) is 0 Å². The Kier molecular flexibility index (Phi) is 39.5. The molecule has 0 aromatic heterocycles. The summed E-state index contributed by atoms with van der Waals surface area (Å²) in [6.45, 7) is -8.17. The van der Waals surface area contributed by atoms with Gasteiger partial charge < -0.3 is 106 Å². The molecule has 375 valence electrons. The zero-order chi connectivity index (χ0) is 47.7. The third-order valence-electron chi connectivity index (χ3n) is 7.94. The molecule has 0 aromatic rings. The number of nitrogens with zero attached hydrogens (tertiary/aromatic N) is 5. The normalized spacial score (nSPS) is 14.1. The quantitative estimate of drug-likeness (QED) is 0.0119. The fraction of sp³-hybridized carbons (Fsp3) is 0.735. The number of esters is 2. The van der Waals surface area contributed by atoms with Crippen LogP contribution in [0.15, 0.2) is 10.3 Å². The van der Waals surface area contributed by atoms with E-state index in [-0.39, 0.29) is 111 Å². The van der Waals surface area contributed by atoms with Crippen molar-refractivity contribution in [3.8, 4) is 0 Å². The minimum Gasteiger partial charge on any atom is -0.549 e. The van der Waals surface area contributed by atoms with Crippen molar-refractivity contribution in [1.82, 2.24) is 25.3 Å². The molecule has 2 amide bonds. The van der Waals surface area contributed by atoms with Gasteiger partial charge in [0.1, 0.15) is 37.6 Å². The van der Waals surface area contributed by atoms with Crippen LogP contribution in [0.3, 0.4) is 0 Å². The summed E-state index contributed by atoms with van der Waals surface area (Å²) in [6, 6.07) is 0. The summed E-state index contributed by atoms with van der Waals surface area (Å²) in [7, 11) is 0. The molecule has 0 aromatic carbocycles. The summed E-state index contributed by atoms with van der Waals surface area (Å²) in [5.41, 5.74) is 0. The van der Waals surface area contributed by atoms with Crippen LogP contribution in [0.1, 0.15) is 12.8 Å². The second-order valence-electron chi connectivity index (χ2n) is 13.2. The van der Waals surface area contributed by atoms with Crippen molar-refractivity contribution in [1.29, 1.82) is 0 Å². The van der Waals surface area contributed by atoms with Crippen molar-refractivity contribution in [2.75, 3.05) is 112 Å². The number of amides is 2. The van der Waals surface area contributed by atoms with E-state index in [1.165, 1.54) is 4.90 Å². The van der Waals surface area contributed by atoms with Crippen LogP contribution < -0.4 is 26.0 Å². The minimum atomic E-state index is -1.65. The first-order chi connectivity index (χ1) is 29.8. The smallest absolute Gasteiger partial charge is 0.549 e. The Morgan fingerprint density at radius 2 is 0.862 bits per heavy atom. The average molecular weight is 1090 g/mol. The van der Waals surface area contributed by atoms with Crippen LogP contribution in [-0.2, 0) is 52.7 Å². The molecule has 1 radical (unpaired) electrons. The molecule has 31 heteroatoms. The molecule has 65 heavy (non-hydrogen) atoms. The molecule has 0 aliphatic carbocycles. The second kappa shape index (κ2) is 39.3. The number of aliphatic hydroxyl groups is 8. The Balaban J connectivity index is -0.0000192. The molecule has 12 N–H and O–H groups in total. The van der Waals surface area contributed by atoms with E-state index in [1.807, 2.05) is 0 Å². The van der Waals surface area contributed by atoms with E-state index < -0.39 is 137 Å². The molecule has 6 atom stereocenters. The predicted molar refractivity (Wildman–Crippen MR) is 204 cm³/mol. The van der Waals surface area contributed by atoms with Gasteiger partial charge in [-0.2, -0.15) is 0 Å². The molecule has 0 heterocycles. The van der Waals surface area contributed by atoms with Crippen LogP contribution in [0.25, 0.3) is 0 Å². The summed E-state index contributed by atoms with van der Waals surface area (Å²) in [4.78, 5) is 95.5. The number of hydrogen-bond acceptors (Lipinski definition) is 27. The number of ether oxygens (including phenoxy) is 2. The molecule has 0 rings (SSSR count). The monoisotopic (exact) mass is 1090 g/mol. The largest absolute Gasteiger partial charge is 3.00 e. The van der Waals surface area contributed by atoms with Crippen LogP contribution >= 0.6 is 0 Å². The van der Waals surface area contributed by atoms with Gasteiger partial charge in [0.05, 0.1) is 69.5 Å². The standard InChI is InChI=1S/C34H59N7O22.Gd.H2O/c42-18-24(46)33(58)22(44)1-3-37-62-20-31(56)60-11-5-35-26(48)13-40(16-29(52)53)9-7-39(15-28(50)51)8-10-41(17-30(54)55)14-27(49)36-6-12-61-32(57)21-63-38-4-2-23(45)34(59)25(47)19-43;;/h3-4,22-25,33-34,42-47,58-59H,1-2,5-21H2,(H,35,48)(H,36,49)(H,50,51)(H,52,53)(H,54,55);;1H2/q;+3;/p-3/b37-3+,38-4+;;/t22-,23-,24-,25-,33+,34+;;/m0../s1. The third-order valence-corrected chi connectivity index (χ3v) is 7.94. The summed E-state index contributed by atoms with van der Waals surface area (Å²) in [5.74, 6) is -7.97. The van der Waals surface area contributed by atoms with Crippen LogP contribution in [0, 0.1) is 39.9 Å². The Labute approximate surface area is 403 Å². The number of aliphatic hydroxyl groups excluding tert-OH is 8. The van der Waals surface area contributed by atoms with Crippen molar-refractivity contribution < 1.29 is 154 Å². The molecule has 0 unspecified atom stereocenters. The number of carbonyl (C=O) groups excluding carboxylic acids is 7. The molecule has 0 aliphatic rings. The van der Waals surface area contributed by atoms with Crippen molar-refractivity contribution in [2.45, 2.75) is 49.5 Å². The van der Waals surface area contributed by atoms with Crippen molar-refractivity contribution in [3.63, 3.8) is 0 Å². The first kappa shape index (κ1) is 65.4. The fourth-order valence-electron chi connectivity index (χ4n) is 4.72. The van der Waals surface area contributed by atoms with E-state index in [4.69, 9.17) is 19.7 Å². The predicted octanol–water partition coefficient (Wildman–Crippen LogP) is -13.4. The summed E-state index contributed by atoms with van der Waals surface area (Å²) in [5, 5.41) is 120. The van der Waals surface area contributed by atoms with Gasteiger partial charge in [0, 0.05) is 71.1 Å². The van der Waals surface area contributed by atoms with E-state index in [1.54, 1.807) is 0 Å². The number of carboxylic acids is 3. The summed E-state index contributed by atoms with van der Waals surface area (Å²) >= 11 is 0. The first-order valence-electron chi connectivity index (χ1n) is 19.0. The summed E-state index contributed by atoms with van der Waals surface area (Å²) in [6.07, 6.45) is -8.01. The van der Waals surface area contributed by atoms with Crippen LogP contribution in [0.2, 0.25) is 0 Å². The molecule has 0 fully saturated rings. The van der Waals surface area contributed by atoms with Gasteiger partial charge in [0.25, 0.3) is 0 Å². The second-order valence-corrected chi connectivity index (χ2v) is 13.2. The van der Waals surface area contributed by atoms with Gasteiger partial charge in [0.2, 0.25) is 25.0 Å². The van der Waals surface area contributed by atoms with Crippen molar-refractivity contribution in [3.05, 3.63) is 0 Å². The average Bonchev–Trinajstić information content (AvgIpc) is 3.22. The fourth-order valence-corrected chi connectivity index (χ4v) is 4.72. The van der Waals surface area contributed by atoms with E-state index >= 15 is 0 Å². The molecule has 30 nitrogen and oxygen atoms in total. The summed E-state index contributed by atoms with van der Waals surface area (Å²) < 4.78 is 9.70. The van der Waals surface area contributed by atoms with Gasteiger partial charge in [-0.05, 0) is 0 Å². The first-order valence-corrected chi connectivity index (χ1v) is 19.0. The maximum Gasteiger partial charge on any atom is 3.00 e. The van der Waals surface area contributed by atoms with Crippen LogP contribution in [0.5, 0.6) is 0 Å². The number of rotatable bonds is 38. The molecule has 0 aliphatic heterocycles. The number of oxime groups is 2. The number of carbonyl (C=O) groups is 7. The number of aliphatic carboxylic acids is 3. The van der Waals surface area contributed by atoms with Crippen molar-refractivity contribution in [2.24, 2.45) is 10.3 Å². The molecule has 0 spiro atoms. The zero-order valence-corrected chi connectivity index (χ0v) is 37.2. The van der Waals surface area contributed by atoms with Crippen LogP contribution in [-0.4, -0.2) is 263 Å². The maximum absolute atomic E-state index is 12.5. The minimum absolute atomic E-state index is 0. The Morgan fingerprint density at radius 1 is 0.538 bits per heavy atom. The van der Waals surface area contributed by atoms with E-state index in [0.717, 1.165) is 22.2 Å². The van der Waals surface area contributed by atoms with Crippen molar-refractivity contribution >= 4 is 54.1 Å². The SMILES string of the molecule is O.O=C([O-])CN(CCN(CC(=O)[O-])CC(=O)NCCOC(=O)CO/N=C/C[C@H](O)[C@@H](O)[C@@H](O)CO)CCN(CC(=O)[O-])CC(=O)NCCOC(=O)CO/N=C/C[C@H](O)[C@@H](O)[C@@H](O)CO.[Gd+3]. The Hall–Kier alpha value is -3.93. The zero-order valence-electron chi connectivity index (χ0n) is 34.9. The van der Waals surface area contributed by atoms with Gasteiger partial charge >= 0.3 is 51.9 Å². The molecular formula is C34H58GdN7O23. The van der Waals surface area contributed by atoms with Crippen LogP contribution in [0.4, 0.5) is 0 Å². The molecular weight excluding hydrogens is 1030 g/mol. The Bertz CT molecular complexity index is 1360. The van der Waals surface area contributed by atoms with E-state index in [9.17, 15) is 79.5 Å². The molecule has 0 bridgehead atoms. The molecule has 0 saturated carbocycles. The Morgan fingerprint density at radius 3 is 1.18 bits per heavy atom. The number of carboxylic acid groups (broad SMARTS) is 3. The van der Waals surface area contributed by atoms with E-state index in [2.05, 4.69) is 30.6 Å². The topological polar surface area (TPSA) is 477 Å².